The molecule has 112 valence electrons. The highest BCUT2D eigenvalue weighted by Gasteiger charge is 2.27. The van der Waals surface area contributed by atoms with Crippen LogP contribution in [-0.4, -0.2) is 56.3 Å². The molecule has 2 rings (SSSR count). The molecular weight excluding hydrogens is 289 g/mol. The highest BCUT2D eigenvalue weighted by molar-refractivity contribution is 6.31. The van der Waals surface area contributed by atoms with Crippen LogP contribution in [0.3, 0.4) is 0 Å². The van der Waals surface area contributed by atoms with E-state index in [-0.39, 0.29) is 24.5 Å². The molecule has 0 amide bonds. The zero-order valence-electron chi connectivity index (χ0n) is 11.2. The lowest BCUT2D eigenvalue weighted by atomic mass is 10.1. The van der Waals surface area contributed by atoms with Crippen molar-refractivity contribution >= 4 is 23.4 Å². The number of carbonyl (C=O) groups excluding carboxylic acids is 1. The molecule has 1 saturated heterocycles. The molecular formula is C12H17ClFN3O3. The summed E-state index contributed by atoms with van der Waals surface area (Å²) < 4.78 is 23.8. The number of hydrogen-bond acceptors (Lipinski definition) is 6. The molecule has 0 bridgehead atoms. The van der Waals surface area contributed by atoms with E-state index in [0.29, 0.717) is 31.8 Å². The minimum atomic E-state index is -0.521. The van der Waals surface area contributed by atoms with Gasteiger partial charge in [-0.2, -0.15) is 4.39 Å². The van der Waals surface area contributed by atoms with Crippen molar-refractivity contribution in [2.75, 3.05) is 33.5 Å². The number of nitrogens with zero attached hydrogens (tertiary/aromatic N) is 2. The van der Waals surface area contributed by atoms with Gasteiger partial charge in [-0.15, -0.1) is 0 Å². The second-order valence-corrected chi connectivity index (χ2v) is 4.90. The van der Waals surface area contributed by atoms with Gasteiger partial charge >= 0.3 is 5.97 Å². The Morgan fingerprint density at radius 2 is 2.25 bits per heavy atom. The van der Waals surface area contributed by atoms with Crippen LogP contribution in [0.15, 0.2) is 16.0 Å². The Morgan fingerprint density at radius 3 is 2.90 bits per heavy atom. The zero-order valence-corrected chi connectivity index (χ0v) is 12.0. The summed E-state index contributed by atoms with van der Waals surface area (Å²) in [6.07, 6.45) is 1.39. The van der Waals surface area contributed by atoms with Crippen molar-refractivity contribution in [2.45, 2.75) is 18.9 Å². The number of halogens is 2. The molecule has 0 atom stereocenters. The molecule has 1 fully saturated rings. The first-order valence-corrected chi connectivity index (χ1v) is 6.77. The summed E-state index contributed by atoms with van der Waals surface area (Å²) >= 11 is 5.72. The maximum Gasteiger partial charge on any atom is 0.331 e. The second kappa shape index (κ2) is 6.90. The van der Waals surface area contributed by atoms with E-state index in [1.165, 1.54) is 7.11 Å². The zero-order chi connectivity index (χ0) is 14.5. The Balaban J connectivity index is 1.83. The molecule has 2 aliphatic rings. The average Bonchev–Trinajstić information content (AvgIpc) is 2.48. The van der Waals surface area contributed by atoms with Crippen LogP contribution in [0.25, 0.3) is 0 Å². The molecule has 0 radical (unpaired) electrons. The normalized spacial score (nSPS) is 20.6. The van der Waals surface area contributed by atoms with Crippen molar-refractivity contribution in [3.05, 3.63) is 11.0 Å². The number of likely N-dealkylation sites (tertiary alicyclic amines) is 1. The third-order valence-electron chi connectivity index (χ3n) is 3.26. The van der Waals surface area contributed by atoms with Crippen LogP contribution in [0.1, 0.15) is 12.8 Å². The van der Waals surface area contributed by atoms with E-state index in [1.807, 2.05) is 4.90 Å². The Bertz CT molecular complexity index is 434. The fraction of sp³-hybridized carbons (Fsp3) is 0.667. The van der Waals surface area contributed by atoms with Crippen molar-refractivity contribution in [3.8, 4) is 0 Å². The van der Waals surface area contributed by atoms with Gasteiger partial charge in [0.05, 0.1) is 13.2 Å². The molecule has 0 aromatic heterocycles. The standard InChI is InChI=1S/C12H17ClFN3O3/c1-19-9(18)6-20-8-2-4-17(5-3-8)12-10(14)11(13)15-7-16-12/h8,15H,2-7H2,1H3. The monoisotopic (exact) mass is 305 g/mol. The summed E-state index contributed by atoms with van der Waals surface area (Å²) in [7, 11) is 1.32. The number of piperidine rings is 1. The van der Waals surface area contributed by atoms with Gasteiger partial charge in [0.1, 0.15) is 18.4 Å². The summed E-state index contributed by atoms with van der Waals surface area (Å²) in [4.78, 5) is 16.9. The van der Waals surface area contributed by atoms with Crippen LogP contribution in [0.5, 0.6) is 0 Å². The molecule has 0 spiro atoms. The number of aliphatic imine (C=N–C) groups is 1. The minimum absolute atomic E-state index is 0.000866. The molecule has 0 aromatic carbocycles. The number of methoxy groups -OCH3 is 1. The van der Waals surface area contributed by atoms with E-state index in [2.05, 4.69) is 15.0 Å². The van der Waals surface area contributed by atoms with Gasteiger partial charge in [-0.25, -0.2) is 9.79 Å². The highest BCUT2D eigenvalue weighted by atomic mass is 35.5. The van der Waals surface area contributed by atoms with Crippen molar-refractivity contribution in [1.29, 1.82) is 0 Å². The van der Waals surface area contributed by atoms with E-state index in [0.717, 1.165) is 0 Å². The van der Waals surface area contributed by atoms with Gasteiger partial charge in [0.2, 0.25) is 0 Å². The number of esters is 1. The SMILES string of the molecule is COC(=O)COC1CCN(C2=NCNC(Cl)=C2F)CC1. The van der Waals surface area contributed by atoms with Gasteiger partial charge < -0.3 is 19.7 Å². The van der Waals surface area contributed by atoms with Crippen LogP contribution in [0.2, 0.25) is 0 Å². The lowest BCUT2D eigenvalue weighted by molar-refractivity contribution is -0.148. The van der Waals surface area contributed by atoms with E-state index >= 15 is 0 Å². The quantitative estimate of drug-likeness (QED) is 0.622. The van der Waals surface area contributed by atoms with Crippen LogP contribution in [-0.2, 0) is 14.3 Å². The van der Waals surface area contributed by atoms with Gasteiger partial charge in [0.25, 0.3) is 0 Å². The molecule has 0 unspecified atom stereocenters. The minimum Gasteiger partial charge on any atom is -0.467 e. The Labute approximate surface area is 121 Å². The van der Waals surface area contributed by atoms with Gasteiger partial charge in [0, 0.05) is 13.1 Å². The smallest absolute Gasteiger partial charge is 0.331 e. The molecule has 0 aromatic rings. The summed E-state index contributed by atoms with van der Waals surface area (Å²) in [5, 5.41) is 2.63. The maximum atomic E-state index is 13.8. The Hall–Kier alpha value is -1.34. The fourth-order valence-corrected chi connectivity index (χ4v) is 2.29. The molecule has 8 heteroatoms. The van der Waals surface area contributed by atoms with Crippen LogP contribution in [0, 0.1) is 0 Å². The highest BCUT2D eigenvalue weighted by Crippen LogP contribution is 2.21. The van der Waals surface area contributed by atoms with Crippen molar-refractivity contribution in [3.63, 3.8) is 0 Å². The Kier molecular flexibility index (Phi) is 5.19. The molecule has 2 heterocycles. The number of carbonyl (C=O) groups is 1. The largest absolute Gasteiger partial charge is 0.467 e. The molecule has 20 heavy (non-hydrogen) atoms. The number of amidine groups is 1. The summed E-state index contributed by atoms with van der Waals surface area (Å²) in [5.74, 6) is -0.622. The second-order valence-electron chi connectivity index (χ2n) is 4.52. The van der Waals surface area contributed by atoms with E-state index in [4.69, 9.17) is 16.3 Å². The van der Waals surface area contributed by atoms with Crippen molar-refractivity contribution in [2.24, 2.45) is 4.99 Å². The van der Waals surface area contributed by atoms with Crippen molar-refractivity contribution < 1.29 is 18.7 Å². The van der Waals surface area contributed by atoms with Crippen LogP contribution < -0.4 is 5.32 Å². The van der Waals surface area contributed by atoms with Gasteiger partial charge in [-0.3, -0.25) is 0 Å². The number of ether oxygens (including phenoxy) is 2. The maximum absolute atomic E-state index is 13.8. The lowest BCUT2D eigenvalue weighted by Gasteiger charge is -2.34. The van der Waals surface area contributed by atoms with E-state index in [9.17, 15) is 9.18 Å². The molecule has 0 saturated carbocycles. The molecule has 1 N–H and O–H groups in total. The van der Waals surface area contributed by atoms with Crippen LogP contribution >= 0.6 is 11.6 Å². The third kappa shape index (κ3) is 3.61. The molecule has 0 aliphatic carbocycles. The van der Waals surface area contributed by atoms with Crippen molar-refractivity contribution in [1.82, 2.24) is 10.2 Å². The number of hydrogen-bond donors (Lipinski definition) is 1. The summed E-state index contributed by atoms with van der Waals surface area (Å²) in [5.41, 5.74) is 0. The number of nitrogens with one attached hydrogen (secondary N) is 1. The third-order valence-corrected chi connectivity index (χ3v) is 3.56. The van der Waals surface area contributed by atoms with E-state index < -0.39 is 11.8 Å². The predicted molar refractivity (Wildman–Crippen MR) is 72.0 cm³/mol. The molecule has 6 nitrogen and oxygen atoms in total. The number of rotatable bonds is 3. The predicted octanol–water partition coefficient (Wildman–Crippen LogP) is 0.977. The summed E-state index contributed by atoms with van der Waals surface area (Å²) in [6.45, 7) is 1.46. The first-order valence-electron chi connectivity index (χ1n) is 6.39. The first kappa shape index (κ1) is 15.1. The van der Waals surface area contributed by atoms with Gasteiger partial charge in [-0.1, -0.05) is 11.6 Å². The Morgan fingerprint density at radius 1 is 1.55 bits per heavy atom. The van der Waals surface area contributed by atoms with Gasteiger partial charge in [-0.05, 0) is 12.8 Å². The fourth-order valence-electron chi connectivity index (χ4n) is 2.15. The van der Waals surface area contributed by atoms with E-state index in [1.54, 1.807) is 0 Å². The average molecular weight is 306 g/mol. The summed E-state index contributed by atoms with van der Waals surface area (Å²) in [6, 6.07) is 0. The van der Waals surface area contributed by atoms with Gasteiger partial charge in [0.15, 0.2) is 11.7 Å². The molecule has 2 aliphatic heterocycles. The topological polar surface area (TPSA) is 63.2 Å². The first-order chi connectivity index (χ1) is 9.61. The lowest BCUT2D eigenvalue weighted by Crippen LogP contribution is -2.43. The van der Waals surface area contributed by atoms with Crippen LogP contribution in [0.4, 0.5) is 4.39 Å².